The van der Waals surface area contributed by atoms with Gasteiger partial charge in [0, 0.05) is 11.5 Å². The highest BCUT2D eigenvalue weighted by molar-refractivity contribution is 7.99. The standard InChI is InChI=1S/C12H16S2/c1-10-11-4-2-5-12(10)9-14-7-3-6-13-8-11/h2,4-5H,3,6-9H2,1H3. The van der Waals surface area contributed by atoms with E-state index in [9.17, 15) is 0 Å². The van der Waals surface area contributed by atoms with E-state index >= 15 is 0 Å². The van der Waals surface area contributed by atoms with Crippen LogP contribution in [0, 0.1) is 6.92 Å². The molecule has 1 aliphatic heterocycles. The van der Waals surface area contributed by atoms with E-state index in [1.165, 1.54) is 46.1 Å². The molecule has 2 rings (SSSR count). The largest absolute Gasteiger partial charge is 0.157 e. The van der Waals surface area contributed by atoms with E-state index < -0.39 is 0 Å². The highest BCUT2D eigenvalue weighted by atomic mass is 32.2. The van der Waals surface area contributed by atoms with Gasteiger partial charge in [0.15, 0.2) is 0 Å². The minimum atomic E-state index is 1.20. The van der Waals surface area contributed by atoms with Gasteiger partial charge in [0.25, 0.3) is 0 Å². The maximum Gasteiger partial charge on any atom is 0.0187 e. The van der Waals surface area contributed by atoms with Crippen LogP contribution in [0.3, 0.4) is 0 Å². The van der Waals surface area contributed by atoms with Crippen LogP contribution in [0.1, 0.15) is 23.1 Å². The number of benzene rings is 1. The van der Waals surface area contributed by atoms with Crippen molar-refractivity contribution in [3.8, 4) is 0 Å². The molecule has 1 heterocycles. The van der Waals surface area contributed by atoms with Gasteiger partial charge >= 0.3 is 0 Å². The first kappa shape index (κ1) is 10.4. The topological polar surface area (TPSA) is 0 Å². The molecule has 0 aliphatic carbocycles. The van der Waals surface area contributed by atoms with Gasteiger partial charge in [-0.15, -0.1) is 0 Å². The Morgan fingerprint density at radius 2 is 1.57 bits per heavy atom. The summed E-state index contributed by atoms with van der Waals surface area (Å²) in [5.41, 5.74) is 4.60. The van der Waals surface area contributed by atoms with E-state index in [0.717, 1.165) is 0 Å². The molecule has 0 fully saturated rings. The summed E-state index contributed by atoms with van der Waals surface area (Å²) in [5, 5.41) is 0. The van der Waals surface area contributed by atoms with Crippen LogP contribution in [-0.2, 0) is 11.5 Å². The number of thioether (sulfide) groups is 2. The summed E-state index contributed by atoms with van der Waals surface area (Å²) in [4.78, 5) is 0. The van der Waals surface area contributed by atoms with Gasteiger partial charge in [-0.25, -0.2) is 0 Å². The Kier molecular flexibility index (Phi) is 3.82. The second-order valence-electron chi connectivity index (χ2n) is 3.66. The lowest BCUT2D eigenvalue weighted by molar-refractivity contribution is 1.11. The molecular weight excluding hydrogens is 208 g/mol. The molecule has 0 radical (unpaired) electrons. The SMILES string of the molecule is Cc1c2cccc1CSCCCSC2. The van der Waals surface area contributed by atoms with Gasteiger partial charge in [-0.2, -0.15) is 23.5 Å². The van der Waals surface area contributed by atoms with E-state index in [0.29, 0.717) is 0 Å². The Hall–Kier alpha value is -0.0800. The molecule has 0 spiro atoms. The van der Waals surface area contributed by atoms with E-state index in [1.807, 2.05) is 0 Å². The van der Waals surface area contributed by atoms with Crippen LogP contribution in [0.15, 0.2) is 18.2 Å². The Balaban J connectivity index is 2.25. The molecule has 2 heteroatoms. The van der Waals surface area contributed by atoms with Crippen LogP contribution in [0.5, 0.6) is 0 Å². The van der Waals surface area contributed by atoms with Crippen LogP contribution >= 0.6 is 23.5 Å². The molecule has 0 atom stereocenters. The predicted octanol–water partition coefficient (Wildman–Crippen LogP) is 3.87. The Morgan fingerprint density at radius 1 is 1.00 bits per heavy atom. The third-order valence-electron chi connectivity index (χ3n) is 2.65. The van der Waals surface area contributed by atoms with Crippen LogP contribution < -0.4 is 0 Å². The molecular formula is C12H16S2. The molecule has 2 bridgehead atoms. The first-order valence-corrected chi connectivity index (χ1v) is 7.42. The molecule has 0 unspecified atom stereocenters. The number of fused-ring (bicyclic) bond motifs is 2. The van der Waals surface area contributed by atoms with E-state index in [-0.39, 0.29) is 0 Å². The summed E-state index contributed by atoms with van der Waals surface area (Å²) in [6, 6.07) is 6.76. The third-order valence-corrected chi connectivity index (χ3v) is 4.84. The third kappa shape index (κ3) is 2.48. The molecule has 0 saturated heterocycles. The summed E-state index contributed by atoms with van der Waals surface area (Å²) in [5.74, 6) is 5.03. The second kappa shape index (κ2) is 5.13. The fourth-order valence-corrected chi connectivity index (χ4v) is 3.91. The van der Waals surface area contributed by atoms with Crippen LogP contribution in [-0.4, -0.2) is 11.5 Å². The predicted molar refractivity (Wildman–Crippen MR) is 68.1 cm³/mol. The summed E-state index contributed by atoms with van der Waals surface area (Å²) < 4.78 is 0. The van der Waals surface area contributed by atoms with Crippen molar-refractivity contribution in [2.75, 3.05) is 11.5 Å². The van der Waals surface area contributed by atoms with Gasteiger partial charge in [0.2, 0.25) is 0 Å². The van der Waals surface area contributed by atoms with Gasteiger partial charge in [0.1, 0.15) is 0 Å². The van der Waals surface area contributed by atoms with Crippen molar-refractivity contribution in [1.29, 1.82) is 0 Å². The number of hydrogen-bond donors (Lipinski definition) is 0. The molecule has 1 aromatic carbocycles. The summed E-state index contributed by atoms with van der Waals surface area (Å²) in [6.07, 6.45) is 1.36. The van der Waals surface area contributed by atoms with Crippen LogP contribution in [0.4, 0.5) is 0 Å². The quantitative estimate of drug-likeness (QED) is 0.656. The highest BCUT2D eigenvalue weighted by Crippen LogP contribution is 2.25. The maximum atomic E-state index is 2.28. The molecule has 0 amide bonds. The van der Waals surface area contributed by atoms with Crippen molar-refractivity contribution in [3.63, 3.8) is 0 Å². The zero-order chi connectivity index (χ0) is 9.80. The van der Waals surface area contributed by atoms with Crippen LogP contribution in [0.25, 0.3) is 0 Å². The maximum absolute atomic E-state index is 2.28. The molecule has 0 N–H and O–H groups in total. The lowest BCUT2D eigenvalue weighted by atomic mass is 10.1. The first-order valence-electron chi connectivity index (χ1n) is 5.11. The molecule has 76 valence electrons. The Morgan fingerprint density at radius 3 is 2.14 bits per heavy atom. The molecule has 1 aromatic rings. The Bertz CT molecular complexity index is 281. The fourth-order valence-electron chi connectivity index (χ4n) is 1.68. The van der Waals surface area contributed by atoms with Crippen LogP contribution in [0.2, 0.25) is 0 Å². The van der Waals surface area contributed by atoms with E-state index in [2.05, 4.69) is 48.6 Å². The van der Waals surface area contributed by atoms with E-state index in [1.54, 1.807) is 0 Å². The minimum absolute atomic E-state index is 1.20. The van der Waals surface area contributed by atoms with Gasteiger partial charge in [-0.1, -0.05) is 18.2 Å². The average Bonchev–Trinajstić information content (AvgIpc) is 2.18. The average molecular weight is 224 g/mol. The normalized spacial score (nSPS) is 17.8. The Labute approximate surface area is 94.9 Å². The van der Waals surface area contributed by atoms with Crippen molar-refractivity contribution in [2.24, 2.45) is 0 Å². The monoisotopic (exact) mass is 224 g/mol. The molecule has 14 heavy (non-hydrogen) atoms. The van der Waals surface area contributed by atoms with Crippen molar-refractivity contribution in [3.05, 3.63) is 34.9 Å². The first-order chi connectivity index (χ1) is 6.88. The number of rotatable bonds is 0. The van der Waals surface area contributed by atoms with Crippen molar-refractivity contribution >= 4 is 23.5 Å². The van der Waals surface area contributed by atoms with Crippen molar-refractivity contribution in [1.82, 2.24) is 0 Å². The molecule has 0 nitrogen and oxygen atoms in total. The molecule has 0 aromatic heterocycles. The zero-order valence-electron chi connectivity index (χ0n) is 8.58. The highest BCUT2D eigenvalue weighted by Gasteiger charge is 2.06. The van der Waals surface area contributed by atoms with Crippen molar-refractivity contribution < 1.29 is 0 Å². The minimum Gasteiger partial charge on any atom is -0.157 e. The molecule has 1 aliphatic rings. The van der Waals surface area contributed by atoms with Gasteiger partial charge in [-0.3, -0.25) is 0 Å². The molecule has 0 saturated carbocycles. The van der Waals surface area contributed by atoms with E-state index in [4.69, 9.17) is 0 Å². The lowest BCUT2D eigenvalue weighted by Gasteiger charge is -2.13. The zero-order valence-corrected chi connectivity index (χ0v) is 10.2. The van der Waals surface area contributed by atoms with Gasteiger partial charge < -0.3 is 0 Å². The van der Waals surface area contributed by atoms with Gasteiger partial charge in [-0.05, 0) is 41.5 Å². The second-order valence-corrected chi connectivity index (χ2v) is 5.87. The smallest absolute Gasteiger partial charge is 0.0187 e. The fraction of sp³-hybridized carbons (Fsp3) is 0.500. The summed E-state index contributed by atoms with van der Waals surface area (Å²) >= 11 is 4.15. The summed E-state index contributed by atoms with van der Waals surface area (Å²) in [7, 11) is 0. The summed E-state index contributed by atoms with van der Waals surface area (Å²) in [6.45, 7) is 2.27. The number of hydrogen-bond acceptors (Lipinski definition) is 2. The van der Waals surface area contributed by atoms with Crippen molar-refractivity contribution in [2.45, 2.75) is 24.9 Å². The van der Waals surface area contributed by atoms with Gasteiger partial charge in [0.05, 0.1) is 0 Å². The lowest BCUT2D eigenvalue weighted by Crippen LogP contribution is -1.97.